The molecule has 2 saturated carbocycles. The van der Waals surface area contributed by atoms with Gasteiger partial charge in [0.25, 0.3) is 0 Å². The van der Waals surface area contributed by atoms with Crippen LogP contribution in [-0.4, -0.2) is 31.2 Å². The van der Waals surface area contributed by atoms with Crippen molar-refractivity contribution in [1.29, 1.82) is 0 Å². The number of allylic oxidation sites excluding steroid dienone is 2. The average molecular weight is 343 g/mol. The Morgan fingerprint density at radius 3 is 2.36 bits per heavy atom. The number of rotatable bonds is 5. The zero-order valence-electron chi connectivity index (χ0n) is 14.1. The monoisotopic (exact) mass is 343 g/mol. The Hall–Kier alpha value is -2.50. The Kier molecular flexibility index (Phi) is 3.71. The number of nitrogens with one attached hydrogen (secondary N) is 1. The predicted molar refractivity (Wildman–Crippen MR) is 90.5 cm³/mol. The first kappa shape index (κ1) is 16.0. The number of carboxylic acid groups (broad SMARTS) is 1. The van der Waals surface area contributed by atoms with Gasteiger partial charge in [0.1, 0.15) is 11.5 Å². The second-order valence-electron chi connectivity index (χ2n) is 7.05. The van der Waals surface area contributed by atoms with Gasteiger partial charge in [0, 0.05) is 6.07 Å². The summed E-state index contributed by atoms with van der Waals surface area (Å²) < 4.78 is 10.5. The van der Waals surface area contributed by atoms with Crippen LogP contribution in [0.3, 0.4) is 0 Å². The molecule has 6 heteroatoms. The van der Waals surface area contributed by atoms with Gasteiger partial charge in [0.15, 0.2) is 0 Å². The number of anilines is 1. The van der Waals surface area contributed by atoms with Crippen LogP contribution in [0.25, 0.3) is 0 Å². The molecule has 0 saturated heterocycles. The fourth-order valence-electron chi connectivity index (χ4n) is 4.70. The van der Waals surface area contributed by atoms with Crippen LogP contribution in [-0.2, 0) is 9.59 Å². The summed E-state index contributed by atoms with van der Waals surface area (Å²) in [7, 11) is 3.07. The van der Waals surface area contributed by atoms with E-state index in [0.29, 0.717) is 29.0 Å². The molecule has 1 amide bonds. The molecule has 0 unspecified atom stereocenters. The van der Waals surface area contributed by atoms with E-state index in [1.807, 2.05) is 12.2 Å². The number of carbonyl (C=O) groups excluding carboxylic acids is 1. The topological polar surface area (TPSA) is 84.9 Å². The summed E-state index contributed by atoms with van der Waals surface area (Å²) in [6.07, 6.45) is 5.08. The molecule has 0 aliphatic heterocycles. The number of hydrogen-bond acceptors (Lipinski definition) is 4. The Balaban J connectivity index is 1.63. The third kappa shape index (κ3) is 2.47. The molecule has 1 aromatic rings. The fraction of sp³-hybridized carbons (Fsp3) is 0.474. The molecule has 4 aliphatic rings. The number of carboxylic acids is 1. The molecule has 6 nitrogen and oxygen atoms in total. The SMILES string of the molecule is COc1ccc(OC)c(NC(=O)[C@@H]2[C@H]3C=C[C@@H]([C@@H]4C[C@@H]34)[C@@H]2C(=O)O)c1. The molecular weight excluding hydrogens is 322 g/mol. The number of amides is 1. The van der Waals surface area contributed by atoms with Gasteiger partial charge in [0.05, 0.1) is 31.7 Å². The van der Waals surface area contributed by atoms with E-state index in [0.717, 1.165) is 6.42 Å². The summed E-state index contributed by atoms with van der Waals surface area (Å²) in [5.74, 6) is -0.378. The fourth-order valence-corrected chi connectivity index (χ4v) is 4.70. The van der Waals surface area contributed by atoms with E-state index in [9.17, 15) is 14.7 Å². The highest BCUT2D eigenvalue weighted by molar-refractivity contribution is 5.97. The minimum Gasteiger partial charge on any atom is -0.497 e. The molecule has 4 aliphatic carbocycles. The van der Waals surface area contributed by atoms with Crippen LogP contribution in [0.1, 0.15) is 6.42 Å². The highest BCUT2D eigenvalue weighted by atomic mass is 16.5. The van der Waals surface area contributed by atoms with Crippen molar-refractivity contribution in [3.63, 3.8) is 0 Å². The molecule has 0 spiro atoms. The van der Waals surface area contributed by atoms with Gasteiger partial charge in [-0.15, -0.1) is 0 Å². The second-order valence-corrected chi connectivity index (χ2v) is 7.05. The Bertz CT molecular complexity index is 758. The van der Waals surface area contributed by atoms with Crippen LogP contribution in [0.2, 0.25) is 0 Å². The molecule has 132 valence electrons. The summed E-state index contributed by atoms with van der Waals surface area (Å²) in [4.78, 5) is 24.8. The van der Waals surface area contributed by atoms with E-state index >= 15 is 0 Å². The quantitative estimate of drug-likeness (QED) is 0.802. The maximum Gasteiger partial charge on any atom is 0.307 e. The number of fused-ring (bicyclic) bond motifs is 1. The lowest BCUT2D eigenvalue weighted by Gasteiger charge is -2.41. The number of hydrogen-bond donors (Lipinski definition) is 2. The average Bonchev–Trinajstić information content (AvgIpc) is 3.43. The third-order valence-corrected chi connectivity index (χ3v) is 5.90. The van der Waals surface area contributed by atoms with Crippen molar-refractivity contribution >= 4 is 17.6 Å². The summed E-state index contributed by atoms with van der Waals surface area (Å²) >= 11 is 0. The van der Waals surface area contributed by atoms with E-state index in [4.69, 9.17) is 9.47 Å². The first-order valence-corrected chi connectivity index (χ1v) is 8.49. The van der Waals surface area contributed by atoms with E-state index in [1.54, 1.807) is 25.3 Å². The summed E-state index contributed by atoms with van der Waals surface area (Å²) in [6, 6.07) is 5.14. The highest BCUT2D eigenvalue weighted by Crippen LogP contribution is 2.63. The number of ether oxygens (including phenoxy) is 2. The van der Waals surface area contributed by atoms with E-state index < -0.39 is 17.8 Å². The Morgan fingerprint density at radius 1 is 1.08 bits per heavy atom. The Labute approximate surface area is 145 Å². The predicted octanol–water partition coefficient (Wildman–Crippen LogP) is 2.41. The van der Waals surface area contributed by atoms with Crippen LogP contribution >= 0.6 is 0 Å². The Morgan fingerprint density at radius 2 is 1.76 bits per heavy atom. The van der Waals surface area contributed by atoms with Gasteiger partial charge in [-0.3, -0.25) is 9.59 Å². The molecule has 0 radical (unpaired) electrons. The van der Waals surface area contributed by atoms with Crippen LogP contribution in [0.5, 0.6) is 11.5 Å². The van der Waals surface area contributed by atoms with Crippen molar-refractivity contribution < 1.29 is 24.2 Å². The van der Waals surface area contributed by atoms with Gasteiger partial charge >= 0.3 is 5.97 Å². The first-order valence-electron chi connectivity index (χ1n) is 8.49. The minimum absolute atomic E-state index is 0.00713. The molecule has 2 fully saturated rings. The van der Waals surface area contributed by atoms with E-state index in [1.165, 1.54) is 7.11 Å². The van der Waals surface area contributed by atoms with Gasteiger partial charge in [-0.2, -0.15) is 0 Å². The van der Waals surface area contributed by atoms with Crippen molar-refractivity contribution in [3.05, 3.63) is 30.4 Å². The van der Waals surface area contributed by atoms with Crippen molar-refractivity contribution in [3.8, 4) is 11.5 Å². The smallest absolute Gasteiger partial charge is 0.307 e. The van der Waals surface area contributed by atoms with Gasteiger partial charge in [-0.1, -0.05) is 12.2 Å². The summed E-state index contributed by atoms with van der Waals surface area (Å²) in [6.45, 7) is 0. The molecule has 0 aromatic heterocycles. The largest absolute Gasteiger partial charge is 0.497 e. The maximum absolute atomic E-state index is 13.0. The first-order chi connectivity index (χ1) is 12.0. The second kappa shape index (κ2) is 5.79. The maximum atomic E-state index is 13.0. The number of aliphatic carboxylic acids is 1. The lowest BCUT2D eigenvalue weighted by Crippen LogP contribution is -2.48. The van der Waals surface area contributed by atoms with Gasteiger partial charge < -0.3 is 19.9 Å². The zero-order valence-corrected chi connectivity index (χ0v) is 14.1. The molecule has 2 bridgehead atoms. The molecule has 5 rings (SSSR count). The number of methoxy groups -OCH3 is 2. The summed E-state index contributed by atoms with van der Waals surface area (Å²) in [5, 5.41) is 12.6. The lowest BCUT2D eigenvalue weighted by molar-refractivity contribution is -0.152. The molecule has 25 heavy (non-hydrogen) atoms. The van der Waals surface area contributed by atoms with Crippen molar-refractivity contribution in [2.45, 2.75) is 6.42 Å². The lowest BCUT2D eigenvalue weighted by atomic mass is 9.62. The van der Waals surface area contributed by atoms with Gasteiger partial charge in [-0.05, 0) is 42.2 Å². The van der Waals surface area contributed by atoms with Crippen molar-refractivity contribution in [1.82, 2.24) is 0 Å². The number of carbonyl (C=O) groups is 2. The number of benzene rings is 1. The van der Waals surface area contributed by atoms with Crippen LogP contribution in [0, 0.1) is 35.5 Å². The third-order valence-electron chi connectivity index (χ3n) is 5.90. The molecular formula is C19H21NO5. The molecule has 1 aromatic carbocycles. The standard InChI is InChI=1S/C19H21NO5/c1-24-9-3-6-15(25-2)14(7-9)20-18(21)16-10-4-5-11(13-8-12(10)13)17(16)19(22)23/h3-7,10-13,16-17H,8H2,1-2H3,(H,20,21)(H,22,23)/t10-,11-,12-,13-,16+,17-/m0/s1. The van der Waals surface area contributed by atoms with E-state index in [-0.39, 0.29) is 17.7 Å². The normalized spacial score (nSPS) is 34.2. The molecule has 0 heterocycles. The molecule has 2 N–H and O–H groups in total. The molecule has 6 atom stereocenters. The summed E-state index contributed by atoms with van der Waals surface area (Å²) in [5.41, 5.74) is 0.494. The van der Waals surface area contributed by atoms with Crippen LogP contribution in [0.4, 0.5) is 5.69 Å². The zero-order chi connectivity index (χ0) is 17.7. The van der Waals surface area contributed by atoms with Crippen LogP contribution < -0.4 is 14.8 Å². The van der Waals surface area contributed by atoms with Crippen molar-refractivity contribution in [2.75, 3.05) is 19.5 Å². The van der Waals surface area contributed by atoms with Gasteiger partial charge in [0.2, 0.25) is 5.91 Å². The minimum atomic E-state index is -0.887. The van der Waals surface area contributed by atoms with E-state index in [2.05, 4.69) is 5.32 Å². The van der Waals surface area contributed by atoms with Crippen molar-refractivity contribution in [2.24, 2.45) is 35.5 Å². The highest BCUT2D eigenvalue weighted by Gasteiger charge is 2.63. The van der Waals surface area contributed by atoms with Crippen LogP contribution in [0.15, 0.2) is 30.4 Å². The van der Waals surface area contributed by atoms with Gasteiger partial charge in [-0.25, -0.2) is 0 Å².